The topological polar surface area (TPSA) is 47.0 Å². The molecular weight excluding hydrogens is 202 g/mol. The predicted octanol–water partition coefficient (Wildman–Crippen LogP) is 0.990. The molecule has 1 saturated carbocycles. The monoisotopic (exact) mass is 221 g/mol. The van der Waals surface area contributed by atoms with Gasteiger partial charge in [0.2, 0.25) is 0 Å². The largest absolute Gasteiger partial charge is 0.383 e. The van der Waals surface area contributed by atoms with Crippen LogP contribution >= 0.6 is 0 Å². The lowest BCUT2D eigenvalue weighted by Crippen LogP contribution is -2.24. The molecule has 0 amide bonds. The van der Waals surface area contributed by atoms with Crippen molar-refractivity contribution >= 4 is 0 Å². The van der Waals surface area contributed by atoms with Gasteiger partial charge in [0.25, 0.3) is 0 Å². The van der Waals surface area contributed by atoms with Crippen LogP contribution in [0, 0.1) is 5.92 Å². The van der Waals surface area contributed by atoms with Gasteiger partial charge in [0, 0.05) is 37.7 Å². The average Bonchev–Trinajstić information content (AvgIpc) is 2.99. The summed E-state index contributed by atoms with van der Waals surface area (Å²) >= 11 is 0. The molecule has 0 spiro atoms. The van der Waals surface area contributed by atoms with Crippen molar-refractivity contribution in [3.63, 3.8) is 0 Å². The van der Waals surface area contributed by atoms with E-state index < -0.39 is 0 Å². The molecule has 2 atom stereocenters. The van der Waals surface area contributed by atoms with E-state index in [0.717, 1.165) is 25.4 Å². The summed E-state index contributed by atoms with van der Waals surface area (Å²) in [7, 11) is 1.72. The van der Waals surface area contributed by atoms with Crippen LogP contribution in [0.15, 0.2) is 18.6 Å². The van der Waals surface area contributed by atoms with Crippen LogP contribution < -0.4 is 5.32 Å². The van der Waals surface area contributed by atoms with Gasteiger partial charge in [0.05, 0.1) is 12.3 Å². The Kier molecular flexibility index (Phi) is 3.51. The van der Waals surface area contributed by atoms with Crippen molar-refractivity contribution in [1.29, 1.82) is 0 Å². The van der Waals surface area contributed by atoms with Gasteiger partial charge in [-0.05, 0) is 18.9 Å². The molecule has 1 aromatic heterocycles. The third-order valence-corrected chi connectivity index (χ3v) is 3.43. The Balaban J connectivity index is 1.80. The lowest BCUT2D eigenvalue weighted by atomic mass is 10.0. The lowest BCUT2D eigenvalue weighted by Gasteiger charge is -2.10. The summed E-state index contributed by atoms with van der Waals surface area (Å²) < 4.78 is 5.00. The molecular formula is C12H19N3O. The molecule has 1 N–H and O–H groups in total. The molecule has 0 aliphatic heterocycles. The normalized spacial score (nSPS) is 28.0. The van der Waals surface area contributed by atoms with Crippen LogP contribution in [0.1, 0.15) is 19.0 Å². The summed E-state index contributed by atoms with van der Waals surface area (Å²) in [6.07, 6.45) is 6.58. The van der Waals surface area contributed by atoms with Crippen LogP contribution in [0.25, 0.3) is 0 Å². The minimum atomic E-state index is 0.230. The Labute approximate surface area is 96.4 Å². The summed E-state index contributed by atoms with van der Waals surface area (Å²) in [4.78, 5) is 8.52. The maximum atomic E-state index is 5.00. The van der Waals surface area contributed by atoms with E-state index in [4.69, 9.17) is 4.74 Å². The summed E-state index contributed by atoms with van der Waals surface area (Å²) in [6.45, 7) is 4.99. The predicted molar refractivity (Wildman–Crippen MR) is 62.2 cm³/mol. The number of ether oxygens (including phenoxy) is 1. The van der Waals surface area contributed by atoms with Gasteiger partial charge in [-0.2, -0.15) is 0 Å². The first-order valence-electron chi connectivity index (χ1n) is 5.73. The van der Waals surface area contributed by atoms with E-state index >= 15 is 0 Å². The van der Waals surface area contributed by atoms with Crippen LogP contribution in [-0.4, -0.2) is 36.8 Å². The zero-order valence-electron chi connectivity index (χ0n) is 9.94. The number of rotatable bonds is 6. The van der Waals surface area contributed by atoms with Crippen molar-refractivity contribution in [2.24, 2.45) is 5.92 Å². The Morgan fingerprint density at radius 2 is 2.44 bits per heavy atom. The number of aromatic nitrogens is 2. The number of nitrogens with one attached hydrogen (secondary N) is 1. The molecule has 0 saturated heterocycles. The van der Waals surface area contributed by atoms with Crippen molar-refractivity contribution in [2.75, 3.05) is 26.8 Å². The van der Waals surface area contributed by atoms with E-state index in [0.29, 0.717) is 5.92 Å². The molecule has 16 heavy (non-hydrogen) atoms. The van der Waals surface area contributed by atoms with Crippen LogP contribution in [0.2, 0.25) is 0 Å². The van der Waals surface area contributed by atoms with Crippen LogP contribution in [0.3, 0.4) is 0 Å². The second-order valence-corrected chi connectivity index (χ2v) is 4.61. The number of hydrogen-bond donors (Lipinski definition) is 1. The van der Waals surface area contributed by atoms with Crippen molar-refractivity contribution in [3.8, 4) is 0 Å². The van der Waals surface area contributed by atoms with Crippen molar-refractivity contribution in [3.05, 3.63) is 24.3 Å². The van der Waals surface area contributed by atoms with E-state index in [1.807, 2.05) is 6.20 Å². The minimum Gasteiger partial charge on any atom is -0.383 e. The molecule has 2 unspecified atom stereocenters. The quantitative estimate of drug-likeness (QED) is 0.728. The standard InChI is InChI=1S/C12H19N3O/c1-12(11-9-13-3-4-15-11)7-10(12)8-14-5-6-16-2/h3-4,9-10,14H,5-8H2,1-2H3. The third kappa shape index (κ3) is 2.39. The van der Waals surface area contributed by atoms with E-state index in [1.165, 1.54) is 6.42 Å². The average molecular weight is 221 g/mol. The molecule has 1 heterocycles. The molecule has 4 heteroatoms. The molecule has 1 aliphatic rings. The number of methoxy groups -OCH3 is 1. The van der Waals surface area contributed by atoms with Crippen LogP contribution in [0.5, 0.6) is 0 Å². The molecule has 1 fully saturated rings. The Bertz CT molecular complexity index is 330. The fourth-order valence-electron chi connectivity index (χ4n) is 2.11. The highest BCUT2D eigenvalue weighted by Gasteiger charge is 2.51. The van der Waals surface area contributed by atoms with Gasteiger partial charge >= 0.3 is 0 Å². The summed E-state index contributed by atoms with van der Waals surface area (Å²) in [5.74, 6) is 0.682. The highest BCUT2D eigenvalue weighted by Crippen LogP contribution is 2.52. The van der Waals surface area contributed by atoms with Crippen LogP contribution in [0.4, 0.5) is 0 Å². The molecule has 4 nitrogen and oxygen atoms in total. The van der Waals surface area contributed by atoms with Crippen molar-refractivity contribution in [1.82, 2.24) is 15.3 Å². The fourth-order valence-corrected chi connectivity index (χ4v) is 2.11. The van der Waals surface area contributed by atoms with Gasteiger partial charge in [0.15, 0.2) is 0 Å². The van der Waals surface area contributed by atoms with Gasteiger partial charge in [-0.15, -0.1) is 0 Å². The van der Waals surface area contributed by atoms with Gasteiger partial charge in [-0.25, -0.2) is 0 Å². The SMILES string of the molecule is COCCNCC1CC1(C)c1cnccn1. The Morgan fingerprint density at radius 1 is 1.56 bits per heavy atom. The van der Waals surface area contributed by atoms with Gasteiger partial charge in [-0.3, -0.25) is 9.97 Å². The third-order valence-electron chi connectivity index (χ3n) is 3.43. The molecule has 88 valence electrons. The van der Waals surface area contributed by atoms with E-state index in [-0.39, 0.29) is 5.41 Å². The van der Waals surface area contributed by atoms with Crippen molar-refractivity contribution in [2.45, 2.75) is 18.8 Å². The minimum absolute atomic E-state index is 0.230. The smallest absolute Gasteiger partial charge is 0.0648 e. The Hall–Kier alpha value is -1.00. The fraction of sp³-hybridized carbons (Fsp3) is 0.667. The maximum Gasteiger partial charge on any atom is 0.0648 e. The van der Waals surface area contributed by atoms with E-state index in [1.54, 1.807) is 19.5 Å². The van der Waals surface area contributed by atoms with Gasteiger partial charge in [0.1, 0.15) is 0 Å². The zero-order valence-corrected chi connectivity index (χ0v) is 9.94. The molecule has 0 radical (unpaired) electrons. The highest BCUT2D eigenvalue weighted by molar-refractivity contribution is 5.24. The second-order valence-electron chi connectivity index (χ2n) is 4.61. The number of nitrogens with zero attached hydrogens (tertiary/aromatic N) is 2. The zero-order chi connectivity index (χ0) is 11.4. The molecule has 2 rings (SSSR count). The first-order chi connectivity index (χ1) is 7.77. The molecule has 1 aliphatic carbocycles. The molecule has 0 bridgehead atoms. The molecule has 0 aromatic carbocycles. The van der Waals surface area contributed by atoms with E-state index in [9.17, 15) is 0 Å². The molecule has 1 aromatic rings. The van der Waals surface area contributed by atoms with Crippen LogP contribution in [-0.2, 0) is 10.2 Å². The first-order valence-corrected chi connectivity index (χ1v) is 5.73. The lowest BCUT2D eigenvalue weighted by molar-refractivity contribution is 0.199. The first kappa shape index (κ1) is 11.5. The van der Waals surface area contributed by atoms with E-state index in [2.05, 4.69) is 22.2 Å². The number of hydrogen-bond acceptors (Lipinski definition) is 4. The summed E-state index contributed by atoms with van der Waals surface area (Å²) in [5, 5.41) is 3.40. The van der Waals surface area contributed by atoms with Gasteiger partial charge < -0.3 is 10.1 Å². The van der Waals surface area contributed by atoms with Crippen molar-refractivity contribution < 1.29 is 4.74 Å². The second kappa shape index (κ2) is 4.89. The Morgan fingerprint density at radius 3 is 3.12 bits per heavy atom. The summed E-state index contributed by atoms with van der Waals surface area (Å²) in [6, 6.07) is 0. The summed E-state index contributed by atoms with van der Waals surface area (Å²) in [5.41, 5.74) is 1.35. The highest BCUT2D eigenvalue weighted by atomic mass is 16.5. The van der Waals surface area contributed by atoms with Gasteiger partial charge in [-0.1, -0.05) is 6.92 Å². The maximum absolute atomic E-state index is 5.00.